The summed E-state index contributed by atoms with van der Waals surface area (Å²) in [6, 6.07) is 0. The zero-order chi connectivity index (χ0) is 12.9. The van der Waals surface area contributed by atoms with Crippen LogP contribution in [0.3, 0.4) is 0 Å². The minimum atomic E-state index is 0.980. The van der Waals surface area contributed by atoms with Crippen molar-refractivity contribution in [1.29, 1.82) is 0 Å². The Hall–Kier alpha value is 0.430. The van der Waals surface area contributed by atoms with Crippen molar-refractivity contribution in [2.45, 2.75) is 103 Å². The number of unbranched alkanes of at least 4 members (excludes halogenated alkanes) is 6. The van der Waals surface area contributed by atoms with Crippen molar-refractivity contribution in [2.75, 3.05) is 0 Å². The van der Waals surface area contributed by atoms with E-state index in [0.29, 0.717) is 0 Å². The molecular formula is C16H35P. The summed E-state index contributed by atoms with van der Waals surface area (Å²) in [6.07, 6.45) is 14.4. The normalized spacial score (nSPS) is 15.5. The molecule has 17 heavy (non-hydrogen) atoms. The van der Waals surface area contributed by atoms with Crippen LogP contribution in [-0.4, -0.2) is 11.3 Å². The van der Waals surface area contributed by atoms with Crippen molar-refractivity contribution >= 4 is 8.58 Å². The van der Waals surface area contributed by atoms with Crippen LogP contribution >= 0.6 is 8.58 Å². The number of hydrogen-bond donors (Lipinski definition) is 0. The molecule has 104 valence electrons. The van der Waals surface area contributed by atoms with Gasteiger partial charge < -0.3 is 0 Å². The molecule has 0 aromatic rings. The molecular weight excluding hydrogens is 223 g/mol. The number of hydrogen-bond acceptors (Lipinski definition) is 0. The van der Waals surface area contributed by atoms with Crippen LogP contribution in [0.25, 0.3) is 0 Å². The third-order valence-electron chi connectivity index (χ3n) is 3.55. The molecule has 0 aliphatic carbocycles. The van der Waals surface area contributed by atoms with E-state index in [1.807, 2.05) is 0 Å². The van der Waals surface area contributed by atoms with Gasteiger partial charge in [-0.25, -0.2) is 0 Å². The van der Waals surface area contributed by atoms with Gasteiger partial charge in [0.1, 0.15) is 0 Å². The van der Waals surface area contributed by atoms with Crippen LogP contribution in [0.2, 0.25) is 0 Å². The van der Waals surface area contributed by atoms with Gasteiger partial charge in [-0.1, -0.05) is 79.1 Å². The van der Waals surface area contributed by atoms with E-state index < -0.39 is 0 Å². The van der Waals surface area contributed by atoms with Crippen molar-refractivity contribution in [1.82, 2.24) is 0 Å². The van der Waals surface area contributed by atoms with E-state index in [4.69, 9.17) is 0 Å². The van der Waals surface area contributed by atoms with Crippen LogP contribution in [0, 0.1) is 0 Å². The second kappa shape index (κ2) is 12.9. The quantitative estimate of drug-likeness (QED) is 0.281. The highest BCUT2D eigenvalue weighted by Crippen LogP contribution is 2.31. The Kier molecular flexibility index (Phi) is 13.2. The summed E-state index contributed by atoms with van der Waals surface area (Å²) < 4.78 is 0. The molecule has 0 saturated heterocycles. The third kappa shape index (κ3) is 12.7. The summed E-state index contributed by atoms with van der Waals surface area (Å²) in [5, 5.41) is 0. The predicted molar refractivity (Wildman–Crippen MR) is 84.8 cm³/mol. The molecule has 0 nitrogen and oxygen atoms in total. The van der Waals surface area contributed by atoms with Gasteiger partial charge in [0, 0.05) is 0 Å². The first-order valence-electron chi connectivity index (χ1n) is 7.96. The van der Waals surface area contributed by atoms with Gasteiger partial charge >= 0.3 is 0 Å². The van der Waals surface area contributed by atoms with Crippen molar-refractivity contribution in [2.24, 2.45) is 0 Å². The van der Waals surface area contributed by atoms with E-state index in [0.717, 1.165) is 11.3 Å². The zero-order valence-electron chi connectivity index (χ0n) is 12.7. The second-order valence-corrected chi connectivity index (χ2v) is 7.97. The van der Waals surface area contributed by atoms with Crippen LogP contribution in [0.15, 0.2) is 0 Å². The summed E-state index contributed by atoms with van der Waals surface area (Å²) in [5.74, 6) is 0. The maximum absolute atomic E-state index is 2.47. The van der Waals surface area contributed by atoms with E-state index in [9.17, 15) is 0 Å². The minimum Gasteiger partial charge on any atom is -0.116 e. The highest BCUT2D eigenvalue weighted by molar-refractivity contribution is 7.39. The van der Waals surface area contributed by atoms with Crippen molar-refractivity contribution < 1.29 is 0 Å². The summed E-state index contributed by atoms with van der Waals surface area (Å²) in [6.45, 7) is 9.52. The van der Waals surface area contributed by atoms with Crippen LogP contribution in [0.4, 0.5) is 0 Å². The first kappa shape index (κ1) is 17.4. The van der Waals surface area contributed by atoms with Crippen LogP contribution in [0.5, 0.6) is 0 Å². The summed E-state index contributed by atoms with van der Waals surface area (Å²) in [5.41, 5.74) is 1.96. The van der Waals surface area contributed by atoms with Crippen LogP contribution in [-0.2, 0) is 0 Å². The second-order valence-electron chi connectivity index (χ2n) is 5.67. The van der Waals surface area contributed by atoms with Crippen LogP contribution in [0.1, 0.15) is 91.9 Å². The van der Waals surface area contributed by atoms with E-state index >= 15 is 0 Å². The smallest absolute Gasteiger partial charge is 0.0263 e. The molecule has 0 saturated carbocycles. The molecule has 0 N–H and O–H groups in total. The SMILES string of the molecule is CCCCCCC(C)PC(C)CCCCCC. The van der Waals surface area contributed by atoms with Gasteiger partial charge in [0.2, 0.25) is 0 Å². The molecule has 0 aliphatic rings. The molecule has 0 fully saturated rings. The first-order chi connectivity index (χ1) is 8.20. The average molecular weight is 258 g/mol. The lowest BCUT2D eigenvalue weighted by atomic mass is 10.1. The van der Waals surface area contributed by atoms with Gasteiger partial charge in [0.25, 0.3) is 0 Å². The van der Waals surface area contributed by atoms with Gasteiger partial charge in [-0.15, -0.1) is 8.58 Å². The van der Waals surface area contributed by atoms with Gasteiger partial charge in [0.15, 0.2) is 0 Å². The van der Waals surface area contributed by atoms with E-state index in [2.05, 4.69) is 27.7 Å². The lowest BCUT2D eigenvalue weighted by molar-refractivity contribution is 0.616. The Bertz CT molecular complexity index is 128. The Morgan fingerprint density at radius 1 is 0.647 bits per heavy atom. The lowest BCUT2D eigenvalue weighted by Crippen LogP contribution is -2.02. The van der Waals surface area contributed by atoms with E-state index in [1.165, 1.54) is 72.8 Å². The predicted octanol–water partition coefficient (Wildman–Crippen LogP) is 6.38. The highest BCUT2D eigenvalue weighted by Gasteiger charge is 2.08. The molecule has 2 atom stereocenters. The Labute approximate surface area is 112 Å². The molecule has 0 radical (unpaired) electrons. The molecule has 0 aromatic carbocycles. The summed E-state index contributed by atoms with van der Waals surface area (Å²) in [4.78, 5) is 0. The highest BCUT2D eigenvalue weighted by atomic mass is 31.1. The largest absolute Gasteiger partial charge is 0.116 e. The lowest BCUT2D eigenvalue weighted by Gasteiger charge is -2.17. The van der Waals surface area contributed by atoms with Crippen molar-refractivity contribution in [3.63, 3.8) is 0 Å². The summed E-state index contributed by atoms with van der Waals surface area (Å²) in [7, 11) is 1.20. The average Bonchev–Trinajstić information content (AvgIpc) is 2.30. The van der Waals surface area contributed by atoms with E-state index in [-0.39, 0.29) is 0 Å². The van der Waals surface area contributed by atoms with Gasteiger partial charge in [-0.2, -0.15) is 0 Å². The van der Waals surface area contributed by atoms with Gasteiger partial charge in [0.05, 0.1) is 0 Å². The molecule has 0 rings (SSSR count). The number of rotatable bonds is 12. The molecule has 1 heteroatoms. The Morgan fingerprint density at radius 2 is 1.06 bits per heavy atom. The van der Waals surface area contributed by atoms with Gasteiger partial charge in [-0.05, 0) is 24.2 Å². The standard InChI is InChI=1S/C16H35P/c1-5-7-9-11-13-15(3)17-16(4)14-12-10-8-6-2/h15-17H,5-14H2,1-4H3. The maximum Gasteiger partial charge on any atom is -0.0263 e. The molecule has 0 spiro atoms. The van der Waals surface area contributed by atoms with Crippen molar-refractivity contribution in [3.05, 3.63) is 0 Å². The summed E-state index contributed by atoms with van der Waals surface area (Å²) >= 11 is 0. The molecule has 0 aromatic heterocycles. The molecule has 2 unspecified atom stereocenters. The maximum atomic E-state index is 2.47. The van der Waals surface area contributed by atoms with Gasteiger partial charge in [-0.3, -0.25) is 0 Å². The topological polar surface area (TPSA) is 0 Å². The Morgan fingerprint density at radius 3 is 1.41 bits per heavy atom. The molecule has 0 heterocycles. The van der Waals surface area contributed by atoms with Crippen molar-refractivity contribution in [3.8, 4) is 0 Å². The fourth-order valence-corrected chi connectivity index (χ4v) is 4.12. The Balaban J connectivity index is 3.35. The fraction of sp³-hybridized carbons (Fsp3) is 1.00. The third-order valence-corrected chi connectivity index (χ3v) is 5.27. The van der Waals surface area contributed by atoms with E-state index in [1.54, 1.807) is 0 Å². The molecule has 0 bridgehead atoms. The first-order valence-corrected chi connectivity index (χ1v) is 9.12. The molecule has 0 amide bonds. The fourth-order valence-electron chi connectivity index (χ4n) is 2.41. The zero-order valence-corrected chi connectivity index (χ0v) is 13.7. The molecule has 0 aliphatic heterocycles. The monoisotopic (exact) mass is 258 g/mol. The van der Waals surface area contributed by atoms with Crippen LogP contribution < -0.4 is 0 Å². The minimum absolute atomic E-state index is 0.980.